The first-order chi connectivity index (χ1) is 8.93. The van der Waals surface area contributed by atoms with E-state index in [0.717, 1.165) is 5.56 Å². The zero-order chi connectivity index (χ0) is 14.3. The fourth-order valence-electron chi connectivity index (χ4n) is 1.51. The van der Waals surface area contributed by atoms with Crippen molar-refractivity contribution < 1.29 is 10.1 Å². The monoisotopic (exact) mass is 321 g/mol. The average Bonchev–Trinajstić information content (AvgIpc) is 2.34. The van der Waals surface area contributed by atoms with Gasteiger partial charge in [0.1, 0.15) is 0 Å². The highest BCUT2D eigenvalue weighted by molar-refractivity contribution is 6.68. The van der Waals surface area contributed by atoms with E-state index in [9.17, 15) is 4.79 Å². The summed E-state index contributed by atoms with van der Waals surface area (Å²) in [5.74, 6) is -0.192. The van der Waals surface area contributed by atoms with Crippen LogP contribution in [0.25, 0.3) is 0 Å². The van der Waals surface area contributed by atoms with E-state index < -0.39 is 9.96 Å². The van der Waals surface area contributed by atoms with Gasteiger partial charge in [0.15, 0.2) is 0 Å². The first kappa shape index (κ1) is 16.3. The standard InChI is InChI=1S/C13H15Cl3N2O/c1-2-8-17-12(13(14,15)16)18-11(19)9-10-6-4-3-5-7-10/h2-7,12,17H,1,8-9H2,(H,18,19)/p+1/t12-/m1/s1. The summed E-state index contributed by atoms with van der Waals surface area (Å²) >= 11 is 17.5. The fourth-order valence-corrected chi connectivity index (χ4v) is 1.94. The quantitative estimate of drug-likeness (QED) is 0.468. The number of benzene rings is 1. The van der Waals surface area contributed by atoms with Crippen LogP contribution in [-0.4, -0.2) is 22.4 Å². The zero-order valence-electron chi connectivity index (χ0n) is 10.3. The molecular formula is C13H16Cl3N2O+. The molecule has 1 aromatic rings. The van der Waals surface area contributed by atoms with Crippen molar-refractivity contribution in [2.75, 3.05) is 6.54 Å². The number of nitrogens with one attached hydrogen (secondary N) is 1. The van der Waals surface area contributed by atoms with Crippen LogP contribution in [0.3, 0.4) is 0 Å². The minimum Gasteiger partial charge on any atom is -0.320 e. The predicted octanol–water partition coefficient (Wildman–Crippen LogP) is 1.79. The highest BCUT2D eigenvalue weighted by atomic mass is 35.6. The van der Waals surface area contributed by atoms with E-state index in [-0.39, 0.29) is 12.3 Å². The minimum atomic E-state index is -1.57. The van der Waals surface area contributed by atoms with Gasteiger partial charge in [0, 0.05) is 0 Å². The van der Waals surface area contributed by atoms with Gasteiger partial charge in [-0.3, -0.25) is 4.79 Å². The summed E-state index contributed by atoms with van der Waals surface area (Å²) in [4.78, 5) is 11.9. The Morgan fingerprint density at radius 2 is 2.00 bits per heavy atom. The molecule has 1 atom stereocenters. The first-order valence-corrected chi connectivity index (χ1v) is 6.91. The SMILES string of the molecule is C=CC[NH2+][C@H](NC(=O)Cc1ccccc1)C(Cl)(Cl)Cl. The van der Waals surface area contributed by atoms with Gasteiger partial charge in [0.25, 0.3) is 3.79 Å². The van der Waals surface area contributed by atoms with E-state index in [1.165, 1.54) is 0 Å². The maximum atomic E-state index is 11.9. The average molecular weight is 323 g/mol. The molecule has 19 heavy (non-hydrogen) atoms. The number of carbonyl (C=O) groups is 1. The number of hydrogen-bond acceptors (Lipinski definition) is 1. The molecule has 0 radical (unpaired) electrons. The molecule has 1 rings (SSSR count). The van der Waals surface area contributed by atoms with Gasteiger partial charge in [-0.1, -0.05) is 71.7 Å². The van der Waals surface area contributed by atoms with E-state index in [1.807, 2.05) is 30.3 Å². The molecule has 0 aromatic heterocycles. The third-order valence-corrected chi connectivity index (χ3v) is 3.12. The van der Waals surface area contributed by atoms with Crippen LogP contribution in [-0.2, 0) is 11.2 Å². The number of rotatable bonds is 6. The number of carbonyl (C=O) groups excluding carboxylic acids is 1. The van der Waals surface area contributed by atoms with Gasteiger partial charge in [0.05, 0.1) is 13.0 Å². The number of nitrogens with two attached hydrogens (primary N) is 1. The first-order valence-electron chi connectivity index (χ1n) is 5.77. The smallest absolute Gasteiger partial charge is 0.262 e. The van der Waals surface area contributed by atoms with E-state index in [1.54, 1.807) is 11.4 Å². The van der Waals surface area contributed by atoms with Crippen LogP contribution in [0.15, 0.2) is 43.0 Å². The molecule has 0 aliphatic rings. The van der Waals surface area contributed by atoms with Crippen LogP contribution < -0.4 is 10.6 Å². The molecule has 0 unspecified atom stereocenters. The second kappa shape index (κ2) is 7.75. The Balaban J connectivity index is 2.58. The molecule has 0 spiro atoms. The van der Waals surface area contributed by atoms with Crippen molar-refractivity contribution in [1.82, 2.24) is 5.32 Å². The van der Waals surface area contributed by atoms with Crippen LogP contribution in [0.2, 0.25) is 0 Å². The van der Waals surface area contributed by atoms with E-state index in [0.29, 0.717) is 6.54 Å². The summed E-state index contributed by atoms with van der Waals surface area (Å²) in [6.07, 6.45) is 1.28. The van der Waals surface area contributed by atoms with Crippen molar-refractivity contribution in [3.63, 3.8) is 0 Å². The predicted molar refractivity (Wildman–Crippen MR) is 79.4 cm³/mol. The Bertz CT molecular complexity index is 418. The lowest BCUT2D eigenvalue weighted by Crippen LogP contribution is -2.96. The largest absolute Gasteiger partial charge is 0.320 e. The van der Waals surface area contributed by atoms with Crippen LogP contribution >= 0.6 is 34.8 Å². The molecular weight excluding hydrogens is 307 g/mol. The number of quaternary nitrogens is 1. The maximum absolute atomic E-state index is 11.9. The topological polar surface area (TPSA) is 45.7 Å². The lowest BCUT2D eigenvalue weighted by Gasteiger charge is -2.22. The summed E-state index contributed by atoms with van der Waals surface area (Å²) in [5.41, 5.74) is 0.909. The molecule has 3 nitrogen and oxygen atoms in total. The van der Waals surface area contributed by atoms with E-state index in [2.05, 4.69) is 11.9 Å². The third kappa shape index (κ3) is 6.30. The normalized spacial score (nSPS) is 12.8. The Labute approximate surface area is 127 Å². The summed E-state index contributed by atoms with van der Waals surface area (Å²) in [7, 11) is 0. The van der Waals surface area contributed by atoms with Gasteiger partial charge >= 0.3 is 0 Å². The van der Waals surface area contributed by atoms with E-state index >= 15 is 0 Å². The molecule has 0 saturated carbocycles. The summed E-state index contributed by atoms with van der Waals surface area (Å²) < 4.78 is -1.57. The van der Waals surface area contributed by atoms with Gasteiger partial charge in [-0.15, -0.1) is 0 Å². The molecule has 0 aliphatic carbocycles. The lowest BCUT2D eigenvalue weighted by molar-refractivity contribution is -0.683. The third-order valence-electron chi connectivity index (χ3n) is 2.42. The molecule has 1 aromatic carbocycles. The summed E-state index contributed by atoms with van der Waals surface area (Å²) in [5, 5.41) is 4.41. The van der Waals surface area contributed by atoms with E-state index in [4.69, 9.17) is 34.8 Å². The minimum absolute atomic E-state index is 0.192. The number of amides is 1. The summed E-state index contributed by atoms with van der Waals surface area (Å²) in [6, 6.07) is 9.38. The second-order valence-electron chi connectivity index (χ2n) is 4.01. The van der Waals surface area contributed by atoms with Crippen LogP contribution in [0.1, 0.15) is 5.56 Å². The molecule has 3 N–H and O–H groups in total. The van der Waals surface area contributed by atoms with Gasteiger partial charge in [-0.2, -0.15) is 0 Å². The molecule has 0 aliphatic heterocycles. The second-order valence-corrected chi connectivity index (χ2v) is 6.38. The van der Waals surface area contributed by atoms with Crippen molar-refractivity contribution in [2.45, 2.75) is 16.4 Å². The number of alkyl halides is 3. The van der Waals surface area contributed by atoms with Crippen LogP contribution in [0, 0.1) is 0 Å². The lowest BCUT2D eigenvalue weighted by atomic mass is 10.1. The molecule has 104 valence electrons. The molecule has 1 amide bonds. The highest BCUT2D eigenvalue weighted by Gasteiger charge is 2.36. The number of hydrogen-bond donors (Lipinski definition) is 2. The van der Waals surface area contributed by atoms with Crippen LogP contribution in [0.5, 0.6) is 0 Å². The van der Waals surface area contributed by atoms with Gasteiger partial charge in [-0.25, -0.2) is 0 Å². The van der Waals surface area contributed by atoms with Crippen molar-refractivity contribution in [2.24, 2.45) is 0 Å². The Hall–Kier alpha value is -0.740. The Kier molecular flexibility index (Phi) is 6.66. The summed E-state index contributed by atoms with van der Waals surface area (Å²) in [6.45, 7) is 4.13. The number of halogens is 3. The highest BCUT2D eigenvalue weighted by Crippen LogP contribution is 2.27. The molecule has 0 fully saturated rings. The van der Waals surface area contributed by atoms with Crippen molar-refractivity contribution >= 4 is 40.7 Å². The van der Waals surface area contributed by atoms with Crippen LogP contribution in [0.4, 0.5) is 0 Å². The van der Waals surface area contributed by atoms with Crippen molar-refractivity contribution in [1.29, 1.82) is 0 Å². The Morgan fingerprint density at radius 1 is 1.37 bits per heavy atom. The maximum Gasteiger partial charge on any atom is 0.262 e. The fraction of sp³-hybridized carbons (Fsp3) is 0.308. The molecule has 0 heterocycles. The molecule has 0 saturated heterocycles. The Morgan fingerprint density at radius 3 is 2.53 bits per heavy atom. The van der Waals surface area contributed by atoms with Crippen molar-refractivity contribution in [3.8, 4) is 0 Å². The van der Waals surface area contributed by atoms with Gasteiger partial charge < -0.3 is 10.6 Å². The molecule has 6 heteroatoms. The van der Waals surface area contributed by atoms with Gasteiger partial charge in [-0.05, 0) is 11.6 Å². The van der Waals surface area contributed by atoms with Gasteiger partial charge in [0.2, 0.25) is 12.1 Å². The molecule has 0 bridgehead atoms. The van der Waals surface area contributed by atoms with Crippen molar-refractivity contribution in [3.05, 3.63) is 48.6 Å². The zero-order valence-corrected chi connectivity index (χ0v) is 12.6.